The van der Waals surface area contributed by atoms with Crippen molar-refractivity contribution >= 4 is 18.3 Å². The van der Waals surface area contributed by atoms with Gasteiger partial charge in [0.25, 0.3) is 5.91 Å². The van der Waals surface area contributed by atoms with Gasteiger partial charge in [-0.2, -0.15) is 0 Å². The van der Waals surface area contributed by atoms with Gasteiger partial charge < -0.3 is 11.1 Å². The molecule has 0 radical (unpaired) electrons. The van der Waals surface area contributed by atoms with Crippen LogP contribution in [0.3, 0.4) is 0 Å². The number of nitrogens with one attached hydrogen (secondary N) is 1. The molecule has 1 amide bonds. The number of halogens is 1. The first-order valence-corrected chi connectivity index (χ1v) is 6.15. The fourth-order valence-corrected chi connectivity index (χ4v) is 2.19. The fraction of sp³-hybridized carbons (Fsp3) is 0.500. The maximum absolute atomic E-state index is 12.2. The SMILES string of the molecule is Cc1ccccc1C(=O)NC(C)(CN)C1CC1.Cl. The average Bonchev–Trinajstić information content (AvgIpc) is 3.13. The van der Waals surface area contributed by atoms with Crippen LogP contribution in [0.25, 0.3) is 0 Å². The quantitative estimate of drug-likeness (QED) is 0.880. The molecular weight excluding hydrogens is 248 g/mol. The molecule has 0 aliphatic heterocycles. The molecule has 0 saturated heterocycles. The van der Waals surface area contributed by atoms with Gasteiger partial charge in [-0.3, -0.25) is 4.79 Å². The standard InChI is InChI=1S/C14H20N2O.ClH/c1-10-5-3-4-6-12(10)13(17)16-14(2,9-15)11-7-8-11;/h3-6,11H,7-9,15H2,1-2H3,(H,16,17);1H. The van der Waals surface area contributed by atoms with E-state index in [1.807, 2.05) is 38.1 Å². The number of aryl methyl sites for hydroxylation is 1. The van der Waals surface area contributed by atoms with E-state index in [1.165, 1.54) is 12.8 Å². The average molecular weight is 269 g/mol. The Kier molecular flexibility index (Phi) is 4.77. The van der Waals surface area contributed by atoms with E-state index in [4.69, 9.17) is 5.73 Å². The zero-order valence-electron chi connectivity index (χ0n) is 10.9. The second-order valence-corrected chi connectivity index (χ2v) is 5.16. The second-order valence-electron chi connectivity index (χ2n) is 5.16. The van der Waals surface area contributed by atoms with E-state index in [2.05, 4.69) is 5.32 Å². The highest BCUT2D eigenvalue weighted by Gasteiger charge is 2.41. The maximum Gasteiger partial charge on any atom is 0.252 e. The third-order valence-corrected chi connectivity index (χ3v) is 3.69. The minimum absolute atomic E-state index is 0. The first-order chi connectivity index (χ1) is 8.07. The van der Waals surface area contributed by atoms with Crippen LogP contribution in [0.15, 0.2) is 24.3 Å². The molecule has 1 aromatic rings. The van der Waals surface area contributed by atoms with Crippen LogP contribution in [0.1, 0.15) is 35.7 Å². The summed E-state index contributed by atoms with van der Waals surface area (Å²) in [6.07, 6.45) is 2.34. The Morgan fingerprint density at radius 1 is 1.44 bits per heavy atom. The molecule has 4 heteroatoms. The van der Waals surface area contributed by atoms with E-state index >= 15 is 0 Å². The van der Waals surface area contributed by atoms with Crippen LogP contribution in [-0.2, 0) is 0 Å². The first-order valence-electron chi connectivity index (χ1n) is 6.15. The Balaban J connectivity index is 0.00000162. The summed E-state index contributed by atoms with van der Waals surface area (Å²) in [6, 6.07) is 7.63. The van der Waals surface area contributed by atoms with Crippen LogP contribution in [0.4, 0.5) is 0 Å². The molecule has 0 bridgehead atoms. The van der Waals surface area contributed by atoms with Gasteiger partial charge >= 0.3 is 0 Å². The summed E-state index contributed by atoms with van der Waals surface area (Å²) in [5, 5.41) is 3.10. The van der Waals surface area contributed by atoms with E-state index < -0.39 is 0 Å². The van der Waals surface area contributed by atoms with Gasteiger partial charge in [0, 0.05) is 12.1 Å². The van der Waals surface area contributed by atoms with Crippen LogP contribution in [0, 0.1) is 12.8 Å². The zero-order valence-corrected chi connectivity index (χ0v) is 11.7. The van der Waals surface area contributed by atoms with Crippen LogP contribution < -0.4 is 11.1 Å². The third kappa shape index (κ3) is 3.03. The van der Waals surface area contributed by atoms with E-state index in [9.17, 15) is 4.79 Å². The summed E-state index contributed by atoms with van der Waals surface area (Å²) < 4.78 is 0. The molecule has 1 aromatic carbocycles. The van der Waals surface area contributed by atoms with Gasteiger partial charge in [-0.15, -0.1) is 12.4 Å². The van der Waals surface area contributed by atoms with Gasteiger partial charge in [-0.05, 0) is 44.2 Å². The van der Waals surface area contributed by atoms with Gasteiger partial charge in [0.1, 0.15) is 0 Å². The van der Waals surface area contributed by atoms with Gasteiger partial charge in [-0.1, -0.05) is 18.2 Å². The van der Waals surface area contributed by atoms with E-state index in [-0.39, 0.29) is 23.9 Å². The largest absolute Gasteiger partial charge is 0.345 e. The minimum atomic E-state index is -0.251. The number of carbonyl (C=O) groups excluding carboxylic acids is 1. The summed E-state index contributed by atoms with van der Waals surface area (Å²) >= 11 is 0. The summed E-state index contributed by atoms with van der Waals surface area (Å²) in [5.41, 5.74) is 7.29. The lowest BCUT2D eigenvalue weighted by molar-refractivity contribution is 0.0897. The highest BCUT2D eigenvalue weighted by Crippen LogP contribution is 2.39. The van der Waals surface area contributed by atoms with Crippen LogP contribution in [-0.4, -0.2) is 18.0 Å². The topological polar surface area (TPSA) is 55.1 Å². The Bertz CT molecular complexity index is 432. The van der Waals surface area contributed by atoms with Crippen molar-refractivity contribution in [3.8, 4) is 0 Å². The van der Waals surface area contributed by atoms with Crippen LogP contribution in [0.2, 0.25) is 0 Å². The molecule has 1 unspecified atom stereocenters. The highest BCUT2D eigenvalue weighted by atomic mass is 35.5. The summed E-state index contributed by atoms with van der Waals surface area (Å²) in [7, 11) is 0. The van der Waals surface area contributed by atoms with Crippen molar-refractivity contribution in [1.82, 2.24) is 5.32 Å². The molecule has 18 heavy (non-hydrogen) atoms. The molecular formula is C14H21ClN2O. The zero-order chi connectivity index (χ0) is 12.5. The molecule has 0 spiro atoms. The van der Waals surface area contributed by atoms with Gasteiger partial charge in [0.2, 0.25) is 0 Å². The van der Waals surface area contributed by atoms with E-state index in [0.29, 0.717) is 12.5 Å². The Hall–Kier alpha value is -1.06. The molecule has 2 rings (SSSR count). The summed E-state index contributed by atoms with van der Waals surface area (Å²) in [5.74, 6) is 0.531. The van der Waals surface area contributed by atoms with Gasteiger partial charge in [-0.25, -0.2) is 0 Å². The Morgan fingerprint density at radius 3 is 2.56 bits per heavy atom. The number of rotatable bonds is 4. The summed E-state index contributed by atoms with van der Waals surface area (Å²) in [6.45, 7) is 4.49. The normalized spacial score (nSPS) is 17.5. The Morgan fingerprint density at radius 2 is 2.06 bits per heavy atom. The molecule has 1 atom stereocenters. The monoisotopic (exact) mass is 268 g/mol. The predicted octanol–water partition coefficient (Wildman–Crippen LogP) is 2.27. The molecule has 0 heterocycles. The third-order valence-electron chi connectivity index (χ3n) is 3.69. The van der Waals surface area contributed by atoms with E-state index in [0.717, 1.165) is 11.1 Å². The number of hydrogen-bond acceptors (Lipinski definition) is 2. The van der Waals surface area contributed by atoms with Crippen molar-refractivity contribution in [2.45, 2.75) is 32.2 Å². The molecule has 1 aliphatic rings. The molecule has 3 nitrogen and oxygen atoms in total. The van der Waals surface area contributed by atoms with Gasteiger partial charge in [0.05, 0.1) is 5.54 Å². The number of hydrogen-bond donors (Lipinski definition) is 2. The highest BCUT2D eigenvalue weighted by molar-refractivity contribution is 5.96. The van der Waals surface area contributed by atoms with Crippen molar-refractivity contribution in [1.29, 1.82) is 0 Å². The minimum Gasteiger partial charge on any atom is -0.345 e. The smallest absolute Gasteiger partial charge is 0.252 e. The van der Waals surface area contributed by atoms with Crippen molar-refractivity contribution in [2.24, 2.45) is 11.7 Å². The maximum atomic E-state index is 12.2. The predicted molar refractivity (Wildman–Crippen MR) is 76.1 cm³/mol. The molecule has 0 aromatic heterocycles. The van der Waals surface area contributed by atoms with Crippen molar-refractivity contribution < 1.29 is 4.79 Å². The van der Waals surface area contributed by atoms with Crippen molar-refractivity contribution in [3.63, 3.8) is 0 Å². The number of carbonyl (C=O) groups is 1. The van der Waals surface area contributed by atoms with Crippen LogP contribution in [0.5, 0.6) is 0 Å². The number of benzene rings is 1. The van der Waals surface area contributed by atoms with Crippen molar-refractivity contribution in [3.05, 3.63) is 35.4 Å². The lowest BCUT2D eigenvalue weighted by atomic mass is 9.95. The van der Waals surface area contributed by atoms with Crippen molar-refractivity contribution in [2.75, 3.05) is 6.54 Å². The van der Waals surface area contributed by atoms with Gasteiger partial charge in [0.15, 0.2) is 0 Å². The van der Waals surface area contributed by atoms with Crippen LogP contribution >= 0.6 is 12.4 Å². The molecule has 1 aliphatic carbocycles. The number of amides is 1. The molecule has 1 fully saturated rings. The molecule has 3 N–H and O–H groups in total. The molecule has 100 valence electrons. The molecule has 1 saturated carbocycles. The number of nitrogens with two attached hydrogens (primary N) is 1. The summed E-state index contributed by atoms with van der Waals surface area (Å²) in [4.78, 5) is 12.2. The lowest BCUT2D eigenvalue weighted by Crippen LogP contribution is -2.53. The fourth-order valence-electron chi connectivity index (χ4n) is 2.19. The lowest BCUT2D eigenvalue weighted by Gasteiger charge is -2.29. The first kappa shape index (κ1) is 15.0. The second kappa shape index (κ2) is 5.72. The van der Waals surface area contributed by atoms with E-state index in [1.54, 1.807) is 0 Å². The Labute approximate surface area is 115 Å².